The minimum Gasteiger partial charge on any atom is -0.485 e. The highest BCUT2D eigenvalue weighted by Crippen LogP contribution is 2.31. The van der Waals surface area contributed by atoms with Crippen LogP contribution >= 0.6 is 15.9 Å². The van der Waals surface area contributed by atoms with E-state index in [0.717, 1.165) is 0 Å². The summed E-state index contributed by atoms with van der Waals surface area (Å²) in [6.45, 7) is 0.144. The minimum absolute atomic E-state index is 0.144. The lowest BCUT2D eigenvalue weighted by Crippen LogP contribution is -2.36. The fourth-order valence-electron chi connectivity index (χ4n) is 1.98. The third kappa shape index (κ3) is 2.41. The van der Waals surface area contributed by atoms with Gasteiger partial charge in [-0.2, -0.15) is 0 Å². The van der Waals surface area contributed by atoms with Gasteiger partial charge in [-0.3, -0.25) is 4.79 Å². The van der Waals surface area contributed by atoms with Gasteiger partial charge in [-0.25, -0.2) is 4.39 Å². The summed E-state index contributed by atoms with van der Waals surface area (Å²) >= 11 is 3.06. The molecule has 1 aliphatic heterocycles. The maximum atomic E-state index is 13.2. The molecule has 102 valence electrons. The van der Waals surface area contributed by atoms with Crippen LogP contribution in [0.2, 0.25) is 0 Å². The van der Waals surface area contributed by atoms with E-state index in [1.54, 1.807) is 12.1 Å². The molecule has 0 amide bonds. The first kappa shape index (κ1) is 13.1. The molecule has 0 bridgehead atoms. The Morgan fingerprint density at radius 1 is 1.20 bits per heavy atom. The molecule has 1 aliphatic rings. The first-order chi connectivity index (χ1) is 9.65. The molecular weight excluding hydrogens is 327 g/mol. The van der Waals surface area contributed by atoms with Crippen LogP contribution in [0.5, 0.6) is 11.5 Å². The van der Waals surface area contributed by atoms with Gasteiger partial charge >= 0.3 is 0 Å². The highest BCUT2D eigenvalue weighted by molar-refractivity contribution is 9.10. The summed E-state index contributed by atoms with van der Waals surface area (Å²) in [6.07, 6.45) is -0.720. The highest BCUT2D eigenvalue weighted by atomic mass is 79.9. The molecule has 0 saturated carbocycles. The van der Waals surface area contributed by atoms with Crippen LogP contribution in [0.15, 0.2) is 46.9 Å². The van der Waals surface area contributed by atoms with Crippen LogP contribution in [-0.4, -0.2) is 18.5 Å². The largest absolute Gasteiger partial charge is 0.485 e. The molecule has 3 nitrogen and oxygen atoms in total. The van der Waals surface area contributed by atoms with E-state index < -0.39 is 11.9 Å². The maximum absolute atomic E-state index is 13.2. The molecule has 0 aromatic heterocycles. The summed E-state index contributed by atoms with van der Waals surface area (Å²) in [6, 6.07) is 11.3. The second-order valence-corrected chi connectivity index (χ2v) is 5.21. The molecule has 0 aliphatic carbocycles. The van der Waals surface area contributed by atoms with Crippen molar-refractivity contribution < 1.29 is 18.7 Å². The molecule has 0 radical (unpaired) electrons. The molecule has 0 N–H and O–H groups in total. The van der Waals surface area contributed by atoms with Gasteiger partial charge in [0, 0.05) is 5.56 Å². The van der Waals surface area contributed by atoms with Gasteiger partial charge in [0.25, 0.3) is 0 Å². The number of carbonyl (C=O) groups excluding carboxylic acids is 1. The first-order valence-corrected chi connectivity index (χ1v) is 6.82. The summed E-state index contributed by atoms with van der Waals surface area (Å²) in [7, 11) is 0. The fraction of sp³-hybridized carbons (Fsp3) is 0.133. The van der Waals surface area contributed by atoms with E-state index in [1.165, 1.54) is 18.2 Å². The molecule has 0 spiro atoms. The third-order valence-corrected chi connectivity index (χ3v) is 3.61. The Morgan fingerprint density at radius 3 is 2.70 bits per heavy atom. The van der Waals surface area contributed by atoms with Crippen LogP contribution in [-0.2, 0) is 0 Å². The van der Waals surface area contributed by atoms with Crippen LogP contribution in [0, 0.1) is 5.82 Å². The SMILES string of the molecule is O=C(c1ccc(F)c(Br)c1)C1COc2ccccc2O1. The van der Waals surface area contributed by atoms with Crippen molar-refractivity contribution in [2.45, 2.75) is 6.10 Å². The number of halogens is 2. The first-order valence-electron chi connectivity index (χ1n) is 6.03. The van der Waals surface area contributed by atoms with Gasteiger partial charge < -0.3 is 9.47 Å². The molecule has 20 heavy (non-hydrogen) atoms. The van der Waals surface area contributed by atoms with Crippen LogP contribution in [0.3, 0.4) is 0 Å². The van der Waals surface area contributed by atoms with E-state index in [9.17, 15) is 9.18 Å². The summed E-state index contributed by atoms with van der Waals surface area (Å²) in [5.74, 6) is 0.517. The fourth-order valence-corrected chi connectivity index (χ4v) is 2.36. The van der Waals surface area contributed by atoms with Crippen molar-refractivity contribution >= 4 is 21.7 Å². The number of fused-ring (bicyclic) bond motifs is 1. The lowest BCUT2D eigenvalue weighted by Gasteiger charge is -2.25. The van der Waals surface area contributed by atoms with Gasteiger partial charge in [-0.15, -0.1) is 0 Å². The van der Waals surface area contributed by atoms with Crippen molar-refractivity contribution in [3.63, 3.8) is 0 Å². The lowest BCUT2D eigenvalue weighted by molar-refractivity contribution is 0.0586. The van der Waals surface area contributed by atoms with Crippen LogP contribution < -0.4 is 9.47 Å². The van der Waals surface area contributed by atoms with Crippen molar-refractivity contribution in [1.82, 2.24) is 0 Å². The Bertz CT molecular complexity index is 672. The number of hydrogen-bond donors (Lipinski definition) is 0. The number of rotatable bonds is 2. The standard InChI is InChI=1S/C15H10BrFO3/c16-10-7-9(5-6-11(10)17)15(18)14-8-19-12-3-1-2-4-13(12)20-14/h1-7,14H,8H2. The number of ketones is 1. The van der Waals surface area contributed by atoms with Crippen molar-refractivity contribution in [2.75, 3.05) is 6.61 Å². The molecule has 5 heteroatoms. The molecule has 1 heterocycles. The highest BCUT2D eigenvalue weighted by Gasteiger charge is 2.28. The second-order valence-electron chi connectivity index (χ2n) is 4.36. The smallest absolute Gasteiger partial charge is 0.206 e. The predicted octanol–water partition coefficient (Wildman–Crippen LogP) is 3.61. The molecule has 2 aromatic rings. The molecule has 2 aromatic carbocycles. The number of carbonyl (C=O) groups is 1. The van der Waals surface area contributed by atoms with E-state index >= 15 is 0 Å². The van der Waals surface area contributed by atoms with Crippen molar-refractivity contribution in [3.05, 3.63) is 58.3 Å². The zero-order valence-corrected chi connectivity index (χ0v) is 11.9. The van der Waals surface area contributed by atoms with Gasteiger partial charge in [-0.05, 0) is 46.3 Å². The molecule has 1 atom stereocenters. The number of benzene rings is 2. The topological polar surface area (TPSA) is 35.5 Å². The molecule has 0 saturated heterocycles. The van der Waals surface area contributed by atoms with E-state index in [-0.39, 0.29) is 16.9 Å². The zero-order chi connectivity index (χ0) is 14.1. The van der Waals surface area contributed by atoms with Crippen LogP contribution in [0.25, 0.3) is 0 Å². The molecule has 1 unspecified atom stereocenters. The van der Waals surface area contributed by atoms with Gasteiger partial charge in [-0.1, -0.05) is 12.1 Å². The maximum Gasteiger partial charge on any atom is 0.206 e. The summed E-state index contributed by atoms with van der Waals surface area (Å²) in [5, 5.41) is 0. The van der Waals surface area contributed by atoms with Crippen LogP contribution in [0.1, 0.15) is 10.4 Å². The van der Waals surface area contributed by atoms with Gasteiger partial charge in [0.15, 0.2) is 17.6 Å². The van der Waals surface area contributed by atoms with Crippen molar-refractivity contribution in [2.24, 2.45) is 0 Å². The van der Waals surface area contributed by atoms with Gasteiger partial charge in [0.05, 0.1) is 4.47 Å². The minimum atomic E-state index is -0.720. The summed E-state index contributed by atoms with van der Waals surface area (Å²) in [5.41, 5.74) is 0.381. The Kier molecular flexibility index (Phi) is 3.44. The predicted molar refractivity (Wildman–Crippen MR) is 74.8 cm³/mol. The normalized spacial score (nSPS) is 16.8. The summed E-state index contributed by atoms with van der Waals surface area (Å²) < 4.78 is 24.6. The average Bonchev–Trinajstić information content (AvgIpc) is 2.49. The lowest BCUT2D eigenvalue weighted by atomic mass is 10.1. The third-order valence-electron chi connectivity index (χ3n) is 3.01. The van der Waals surface area contributed by atoms with E-state index in [1.807, 2.05) is 12.1 Å². The molecule has 0 fully saturated rings. The number of ether oxygens (including phenoxy) is 2. The van der Waals surface area contributed by atoms with Gasteiger partial charge in [0.1, 0.15) is 12.4 Å². The quantitative estimate of drug-likeness (QED) is 0.786. The van der Waals surface area contributed by atoms with E-state index in [2.05, 4.69) is 15.9 Å². The monoisotopic (exact) mass is 336 g/mol. The Labute approximate surface area is 123 Å². The molecule has 3 rings (SSSR count). The average molecular weight is 337 g/mol. The number of Topliss-reactive ketones (excluding diaryl/α,β-unsaturated/α-hetero) is 1. The summed E-state index contributed by atoms with van der Waals surface area (Å²) in [4.78, 5) is 12.3. The Balaban J connectivity index is 1.84. The number of hydrogen-bond acceptors (Lipinski definition) is 3. The number of para-hydroxylation sites is 2. The van der Waals surface area contributed by atoms with E-state index in [0.29, 0.717) is 17.1 Å². The van der Waals surface area contributed by atoms with E-state index in [4.69, 9.17) is 9.47 Å². The Hall–Kier alpha value is -1.88. The van der Waals surface area contributed by atoms with Crippen molar-refractivity contribution in [1.29, 1.82) is 0 Å². The zero-order valence-electron chi connectivity index (χ0n) is 10.3. The van der Waals surface area contributed by atoms with Crippen molar-refractivity contribution in [3.8, 4) is 11.5 Å². The second kappa shape index (κ2) is 5.25. The Morgan fingerprint density at radius 2 is 1.95 bits per heavy atom. The van der Waals surface area contributed by atoms with Crippen LogP contribution in [0.4, 0.5) is 4.39 Å². The molecular formula is C15H10BrFO3. The van der Waals surface area contributed by atoms with Gasteiger partial charge in [0.2, 0.25) is 5.78 Å².